The number of halogens is 1. The van der Waals surface area contributed by atoms with Crippen molar-refractivity contribution >= 4 is 17.4 Å². The van der Waals surface area contributed by atoms with Gasteiger partial charge in [0.15, 0.2) is 11.5 Å². The number of anilines is 1. The summed E-state index contributed by atoms with van der Waals surface area (Å²) in [5, 5.41) is 18.9. The van der Waals surface area contributed by atoms with E-state index >= 15 is 0 Å². The van der Waals surface area contributed by atoms with Crippen LogP contribution in [0.4, 0.5) is 5.82 Å². The van der Waals surface area contributed by atoms with Crippen LogP contribution in [-0.4, -0.2) is 18.7 Å². The van der Waals surface area contributed by atoms with Gasteiger partial charge in [0, 0.05) is 5.56 Å². The minimum atomic E-state index is -0.687. The Morgan fingerprint density at radius 1 is 1.29 bits per heavy atom. The number of aromatic nitrogens is 1. The molecule has 122 valence electrons. The SMILES string of the molecule is CCOc1c(Cl)cc(-c2c(C#N)c(N)[nH]c(=O)c2C#N)cc1OC. The van der Waals surface area contributed by atoms with Gasteiger partial charge in [0.25, 0.3) is 5.56 Å². The molecule has 1 aromatic heterocycles. The van der Waals surface area contributed by atoms with Crippen molar-refractivity contribution in [2.45, 2.75) is 6.92 Å². The van der Waals surface area contributed by atoms with Gasteiger partial charge >= 0.3 is 0 Å². The summed E-state index contributed by atoms with van der Waals surface area (Å²) in [6.07, 6.45) is 0. The van der Waals surface area contributed by atoms with Gasteiger partial charge in [-0.05, 0) is 24.6 Å². The maximum absolute atomic E-state index is 12.0. The third-order valence-corrected chi connectivity index (χ3v) is 3.56. The lowest BCUT2D eigenvalue weighted by atomic mass is 9.96. The molecule has 0 fully saturated rings. The number of nitrogens with zero attached hydrogens (tertiary/aromatic N) is 2. The molecule has 0 saturated heterocycles. The molecule has 2 aromatic rings. The number of H-pyrrole nitrogens is 1. The van der Waals surface area contributed by atoms with Gasteiger partial charge in [0.05, 0.1) is 18.7 Å². The first-order valence-corrected chi connectivity index (χ1v) is 7.22. The Morgan fingerprint density at radius 3 is 2.50 bits per heavy atom. The van der Waals surface area contributed by atoms with Crippen molar-refractivity contribution in [2.75, 3.05) is 19.5 Å². The van der Waals surface area contributed by atoms with E-state index in [2.05, 4.69) is 4.98 Å². The lowest BCUT2D eigenvalue weighted by Crippen LogP contribution is -2.16. The Balaban J connectivity index is 2.88. The second-order valence-electron chi connectivity index (χ2n) is 4.64. The Bertz CT molecular complexity index is 938. The summed E-state index contributed by atoms with van der Waals surface area (Å²) in [6, 6.07) is 6.72. The van der Waals surface area contributed by atoms with Gasteiger partial charge in [-0.25, -0.2) is 0 Å². The van der Waals surface area contributed by atoms with E-state index in [0.717, 1.165) is 0 Å². The summed E-state index contributed by atoms with van der Waals surface area (Å²) >= 11 is 6.22. The van der Waals surface area contributed by atoms with Crippen LogP contribution in [0.5, 0.6) is 11.5 Å². The van der Waals surface area contributed by atoms with Gasteiger partial charge in [-0.2, -0.15) is 10.5 Å². The number of nitrogens with two attached hydrogens (primary N) is 1. The average molecular weight is 345 g/mol. The number of ether oxygens (including phenoxy) is 2. The molecule has 0 spiro atoms. The molecule has 8 heteroatoms. The van der Waals surface area contributed by atoms with Crippen LogP contribution >= 0.6 is 11.6 Å². The standard InChI is InChI=1S/C16H13ClN4O3/c1-3-24-14-11(17)4-8(5-12(14)23-2)13-9(6-18)15(20)21-16(22)10(13)7-19/h4-5H,3H2,1-2H3,(H3,20,21,22). The first-order chi connectivity index (χ1) is 11.5. The largest absolute Gasteiger partial charge is 0.493 e. The highest BCUT2D eigenvalue weighted by Crippen LogP contribution is 2.41. The highest BCUT2D eigenvalue weighted by Gasteiger charge is 2.21. The van der Waals surface area contributed by atoms with Gasteiger partial charge in [0.2, 0.25) is 0 Å². The third kappa shape index (κ3) is 2.85. The van der Waals surface area contributed by atoms with Crippen LogP contribution in [0, 0.1) is 22.7 Å². The normalized spacial score (nSPS) is 9.88. The van der Waals surface area contributed by atoms with Crippen molar-refractivity contribution in [1.82, 2.24) is 4.98 Å². The van der Waals surface area contributed by atoms with Gasteiger partial charge < -0.3 is 20.2 Å². The number of hydrogen-bond donors (Lipinski definition) is 2. The highest BCUT2D eigenvalue weighted by molar-refractivity contribution is 6.32. The number of benzene rings is 1. The van der Waals surface area contributed by atoms with E-state index in [1.807, 2.05) is 6.07 Å². The maximum Gasteiger partial charge on any atom is 0.268 e. The Labute approximate surface area is 142 Å². The molecule has 0 radical (unpaired) electrons. The Morgan fingerprint density at radius 2 is 1.96 bits per heavy atom. The zero-order valence-corrected chi connectivity index (χ0v) is 13.7. The number of nitriles is 2. The first kappa shape index (κ1) is 17.2. The summed E-state index contributed by atoms with van der Waals surface area (Å²) in [5.74, 6) is 0.520. The molecule has 1 heterocycles. The van der Waals surface area contributed by atoms with Crippen molar-refractivity contribution in [3.63, 3.8) is 0 Å². The molecule has 1 aromatic carbocycles. The van der Waals surface area contributed by atoms with E-state index in [0.29, 0.717) is 23.7 Å². The zero-order valence-electron chi connectivity index (χ0n) is 12.9. The zero-order chi connectivity index (χ0) is 17.9. The van der Waals surface area contributed by atoms with E-state index in [9.17, 15) is 15.3 Å². The number of methoxy groups -OCH3 is 1. The van der Waals surface area contributed by atoms with Crippen LogP contribution in [0.15, 0.2) is 16.9 Å². The molecule has 0 amide bonds. The lowest BCUT2D eigenvalue weighted by molar-refractivity contribution is 0.311. The quantitative estimate of drug-likeness (QED) is 0.877. The van der Waals surface area contributed by atoms with Crippen LogP contribution in [-0.2, 0) is 0 Å². The molecule has 0 atom stereocenters. The Hall–Kier alpha value is -3.16. The van der Waals surface area contributed by atoms with Crippen molar-refractivity contribution in [2.24, 2.45) is 0 Å². The van der Waals surface area contributed by atoms with E-state index in [-0.39, 0.29) is 27.5 Å². The molecule has 24 heavy (non-hydrogen) atoms. The van der Waals surface area contributed by atoms with Gasteiger partial charge in [-0.3, -0.25) is 4.79 Å². The second-order valence-corrected chi connectivity index (χ2v) is 5.05. The number of hydrogen-bond acceptors (Lipinski definition) is 6. The molecule has 0 bridgehead atoms. The fourth-order valence-corrected chi connectivity index (χ4v) is 2.55. The van der Waals surface area contributed by atoms with Gasteiger partial charge in [0.1, 0.15) is 29.1 Å². The number of pyridine rings is 1. The average Bonchev–Trinajstić information content (AvgIpc) is 2.56. The molecule has 3 N–H and O–H groups in total. The number of aromatic amines is 1. The number of nitrogen functional groups attached to an aromatic ring is 1. The topological polar surface area (TPSA) is 125 Å². The lowest BCUT2D eigenvalue weighted by Gasteiger charge is -2.15. The summed E-state index contributed by atoms with van der Waals surface area (Å²) < 4.78 is 10.7. The van der Waals surface area contributed by atoms with Crippen molar-refractivity contribution in [1.29, 1.82) is 10.5 Å². The second kappa shape index (κ2) is 6.95. The fraction of sp³-hybridized carbons (Fsp3) is 0.188. The molecule has 0 aliphatic heterocycles. The van der Waals surface area contributed by atoms with Crippen LogP contribution in [0.1, 0.15) is 18.1 Å². The molecule has 7 nitrogen and oxygen atoms in total. The van der Waals surface area contributed by atoms with Crippen molar-refractivity contribution in [3.05, 3.63) is 38.6 Å². The van der Waals surface area contributed by atoms with Crippen LogP contribution in [0.3, 0.4) is 0 Å². The fourth-order valence-electron chi connectivity index (χ4n) is 2.28. The van der Waals surface area contributed by atoms with Gasteiger partial charge in [-0.15, -0.1) is 0 Å². The van der Waals surface area contributed by atoms with E-state index in [4.69, 9.17) is 26.8 Å². The summed E-state index contributed by atoms with van der Waals surface area (Å²) in [4.78, 5) is 14.3. The van der Waals surface area contributed by atoms with Gasteiger partial charge in [-0.1, -0.05) is 11.6 Å². The molecule has 0 saturated carbocycles. The molecule has 2 rings (SSSR count). The van der Waals surface area contributed by atoms with Crippen molar-refractivity contribution < 1.29 is 9.47 Å². The third-order valence-electron chi connectivity index (χ3n) is 3.27. The van der Waals surface area contributed by atoms with Crippen LogP contribution in [0.2, 0.25) is 5.02 Å². The first-order valence-electron chi connectivity index (χ1n) is 6.85. The summed E-state index contributed by atoms with van der Waals surface area (Å²) in [7, 11) is 1.43. The highest BCUT2D eigenvalue weighted by atomic mass is 35.5. The number of nitrogens with one attached hydrogen (secondary N) is 1. The van der Waals surface area contributed by atoms with Crippen LogP contribution < -0.4 is 20.8 Å². The Kier molecular flexibility index (Phi) is 4.98. The minimum Gasteiger partial charge on any atom is -0.493 e. The minimum absolute atomic E-state index is 0.0200. The summed E-state index contributed by atoms with van der Waals surface area (Å²) in [5.41, 5.74) is 5.22. The van der Waals surface area contributed by atoms with E-state index < -0.39 is 5.56 Å². The monoisotopic (exact) mass is 344 g/mol. The number of rotatable bonds is 4. The van der Waals surface area contributed by atoms with E-state index in [1.54, 1.807) is 13.0 Å². The molecular formula is C16H13ClN4O3. The smallest absolute Gasteiger partial charge is 0.268 e. The predicted octanol–water partition coefficient (Wildman–Crippen LogP) is 2.43. The summed E-state index contributed by atoms with van der Waals surface area (Å²) in [6.45, 7) is 2.17. The molecule has 0 aliphatic carbocycles. The van der Waals surface area contributed by atoms with Crippen LogP contribution in [0.25, 0.3) is 11.1 Å². The maximum atomic E-state index is 12.0. The predicted molar refractivity (Wildman–Crippen MR) is 89.1 cm³/mol. The molecule has 0 unspecified atom stereocenters. The molecular weight excluding hydrogens is 332 g/mol. The van der Waals surface area contributed by atoms with E-state index in [1.165, 1.54) is 19.2 Å². The van der Waals surface area contributed by atoms with Crippen molar-refractivity contribution in [3.8, 4) is 34.8 Å². The molecule has 0 aliphatic rings.